The first-order valence-corrected chi connectivity index (χ1v) is 5.09. The van der Waals surface area contributed by atoms with Crippen molar-refractivity contribution in [3.8, 4) is 0 Å². The summed E-state index contributed by atoms with van der Waals surface area (Å²) in [5, 5.41) is 27.2. The zero-order valence-electron chi connectivity index (χ0n) is 9.53. The van der Waals surface area contributed by atoms with Gasteiger partial charge in [0.1, 0.15) is 0 Å². The summed E-state index contributed by atoms with van der Waals surface area (Å²) in [6.07, 6.45) is 0.371. The molecule has 0 aliphatic heterocycles. The van der Waals surface area contributed by atoms with Gasteiger partial charge in [-0.05, 0) is 38.2 Å². The van der Waals surface area contributed by atoms with Gasteiger partial charge in [-0.2, -0.15) is 0 Å². The van der Waals surface area contributed by atoms with Crippen molar-refractivity contribution in [2.75, 3.05) is 6.61 Å². The predicted octanol–water partition coefficient (Wildman–Crippen LogP) is 1.18. The van der Waals surface area contributed by atoms with Gasteiger partial charge in [0.05, 0.1) is 6.10 Å². The first kappa shape index (κ1) is 14.1. The molecule has 2 atom stereocenters. The maximum atomic E-state index is 10.6. The van der Waals surface area contributed by atoms with Crippen LogP contribution in [0.2, 0.25) is 0 Å². The summed E-state index contributed by atoms with van der Waals surface area (Å²) >= 11 is 0. The number of hydrogen-bond donors (Lipinski definition) is 3. The number of aliphatic hydroxyl groups is 2. The maximum absolute atomic E-state index is 10.6. The third-order valence-corrected chi connectivity index (χ3v) is 2.66. The van der Waals surface area contributed by atoms with Crippen LogP contribution in [-0.2, 0) is 4.79 Å². The van der Waals surface area contributed by atoms with Crippen molar-refractivity contribution < 1.29 is 20.1 Å². The summed E-state index contributed by atoms with van der Waals surface area (Å²) in [5.41, 5.74) is 0.686. The minimum atomic E-state index is -0.999. The smallest absolute Gasteiger partial charge is 0.331 e. The van der Waals surface area contributed by atoms with E-state index in [1.807, 2.05) is 6.92 Å². The Hall–Kier alpha value is -0.870. The molecule has 0 aliphatic carbocycles. The van der Waals surface area contributed by atoms with Gasteiger partial charge in [-0.1, -0.05) is 6.92 Å². The predicted molar refractivity (Wildman–Crippen MR) is 57.5 cm³/mol. The molecular weight excluding hydrogens is 196 g/mol. The molecule has 0 saturated carbocycles. The van der Waals surface area contributed by atoms with Crippen LogP contribution in [0.15, 0.2) is 11.1 Å². The van der Waals surface area contributed by atoms with Gasteiger partial charge in [0.2, 0.25) is 0 Å². The van der Waals surface area contributed by atoms with Crippen LogP contribution >= 0.6 is 0 Å². The highest BCUT2D eigenvalue weighted by molar-refractivity contribution is 5.86. The third kappa shape index (κ3) is 4.95. The van der Waals surface area contributed by atoms with E-state index in [1.54, 1.807) is 6.92 Å². The molecule has 0 aromatic rings. The Balaban J connectivity index is 4.38. The summed E-state index contributed by atoms with van der Waals surface area (Å²) in [5.74, 6) is -0.817. The molecule has 0 rings (SSSR count). The van der Waals surface area contributed by atoms with E-state index in [2.05, 4.69) is 0 Å². The largest absolute Gasteiger partial charge is 0.478 e. The summed E-state index contributed by atoms with van der Waals surface area (Å²) < 4.78 is 0. The summed E-state index contributed by atoms with van der Waals surface area (Å²) in [4.78, 5) is 10.6. The zero-order valence-corrected chi connectivity index (χ0v) is 9.53. The van der Waals surface area contributed by atoms with Crippen molar-refractivity contribution in [1.82, 2.24) is 0 Å². The van der Waals surface area contributed by atoms with E-state index in [0.717, 1.165) is 0 Å². The van der Waals surface area contributed by atoms with Gasteiger partial charge in [-0.3, -0.25) is 0 Å². The molecule has 15 heavy (non-hydrogen) atoms. The minimum absolute atomic E-state index is 0.0918. The molecule has 0 aromatic carbocycles. The molecule has 88 valence electrons. The van der Waals surface area contributed by atoms with Crippen LogP contribution in [0.5, 0.6) is 0 Å². The molecule has 4 heteroatoms. The monoisotopic (exact) mass is 216 g/mol. The van der Waals surface area contributed by atoms with Crippen LogP contribution in [0, 0.1) is 5.92 Å². The van der Waals surface area contributed by atoms with E-state index >= 15 is 0 Å². The highest BCUT2D eigenvalue weighted by atomic mass is 16.4. The van der Waals surface area contributed by atoms with Crippen molar-refractivity contribution in [3.05, 3.63) is 11.1 Å². The van der Waals surface area contributed by atoms with Gasteiger partial charge in [0.15, 0.2) is 0 Å². The SMILES string of the molecule is CC(C(=O)O)=C(C)C(O)CC(C)CCO. The third-order valence-electron chi connectivity index (χ3n) is 2.66. The molecule has 0 amide bonds. The van der Waals surface area contributed by atoms with Crippen LogP contribution < -0.4 is 0 Å². The summed E-state index contributed by atoms with van der Waals surface area (Å²) in [6.45, 7) is 5.12. The lowest BCUT2D eigenvalue weighted by atomic mass is 9.94. The Morgan fingerprint density at radius 1 is 1.33 bits per heavy atom. The molecule has 3 N–H and O–H groups in total. The quantitative estimate of drug-likeness (QED) is 0.582. The molecular formula is C11H20O4. The Morgan fingerprint density at radius 3 is 2.27 bits per heavy atom. The van der Waals surface area contributed by atoms with Gasteiger partial charge in [-0.15, -0.1) is 0 Å². The number of rotatable bonds is 6. The lowest BCUT2D eigenvalue weighted by Gasteiger charge is -2.17. The number of aliphatic carboxylic acids is 1. The van der Waals surface area contributed by atoms with Gasteiger partial charge >= 0.3 is 5.97 Å². The number of carboxylic acids is 1. The van der Waals surface area contributed by atoms with Crippen LogP contribution in [-0.4, -0.2) is 34.0 Å². The van der Waals surface area contributed by atoms with Gasteiger partial charge < -0.3 is 15.3 Å². The van der Waals surface area contributed by atoms with E-state index < -0.39 is 12.1 Å². The van der Waals surface area contributed by atoms with Gasteiger partial charge in [-0.25, -0.2) is 4.79 Å². The van der Waals surface area contributed by atoms with Crippen molar-refractivity contribution in [2.45, 2.75) is 39.7 Å². The zero-order chi connectivity index (χ0) is 12.0. The number of carboxylic acid groups (broad SMARTS) is 1. The van der Waals surface area contributed by atoms with E-state index in [-0.39, 0.29) is 18.1 Å². The standard InChI is InChI=1S/C11H20O4/c1-7(4-5-12)6-10(13)8(2)9(3)11(14)15/h7,10,12-13H,4-6H2,1-3H3,(H,14,15). The lowest BCUT2D eigenvalue weighted by molar-refractivity contribution is -0.132. The Morgan fingerprint density at radius 2 is 1.87 bits per heavy atom. The molecule has 0 spiro atoms. The van der Waals surface area contributed by atoms with E-state index in [0.29, 0.717) is 18.4 Å². The van der Waals surface area contributed by atoms with Crippen molar-refractivity contribution >= 4 is 5.97 Å². The first-order chi connectivity index (χ1) is 6.90. The second-order valence-corrected chi connectivity index (χ2v) is 3.98. The maximum Gasteiger partial charge on any atom is 0.331 e. The number of carbonyl (C=O) groups is 1. The van der Waals surface area contributed by atoms with Crippen molar-refractivity contribution in [3.63, 3.8) is 0 Å². The van der Waals surface area contributed by atoms with Crippen LogP contribution in [0.25, 0.3) is 0 Å². The normalized spacial score (nSPS) is 16.9. The highest BCUT2D eigenvalue weighted by Gasteiger charge is 2.16. The fourth-order valence-electron chi connectivity index (χ4n) is 1.31. The van der Waals surface area contributed by atoms with E-state index in [1.165, 1.54) is 6.92 Å². The number of hydrogen-bond acceptors (Lipinski definition) is 3. The fraction of sp³-hybridized carbons (Fsp3) is 0.727. The van der Waals surface area contributed by atoms with Crippen LogP contribution in [0.3, 0.4) is 0 Å². The fourth-order valence-corrected chi connectivity index (χ4v) is 1.31. The minimum Gasteiger partial charge on any atom is -0.478 e. The van der Waals surface area contributed by atoms with Crippen LogP contribution in [0.4, 0.5) is 0 Å². The van der Waals surface area contributed by atoms with Crippen molar-refractivity contribution in [2.24, 2.45) is 5.92 Å². The molecule has 0 bridgehead atoms. The topological polar surface area (TPSA) is 77.8 Å². The first-order valence-electron chi connectivity index (χ1n) is 5.09. The van der Waals surface area contributed by atoms with Crippen molar-refractivity contribution in [1.29, 1.82) is 0 Å². The molecule has 0 saturated heterocycles. The highest BCUT2D eigenvalue weighted by Crippen LogP contribution is 2.18. The van der Waals surface area contributed by atoms with Gasteiger partial charge in [0.25, 0.3) is 0 Å². The average molecular weight is 216 g/mol. The van der Waals surface area contributed by atoms with Crippen LogP contribution in [0.1, 0.15) is 33.6 Å². The second kappa shape index (κ2) is 6.58. The molecule has 0 aliphatic rings. The molecule has 0 heterocycles. The second-order valence-electron chi connectivity index (χ2n) is 3.98. The Bertz CT molecular complexity index is 245. The average Bonchev–Trinajstić information content (AvgIpc) is 2.15. The number of aliphatic hydroxyl groups excluding tert-OH is 2. The summed E-state index contributed by atoms with van der Waals surface area (Å²) in [6, 6.07) is 0. The molecule has 0 aromatic heterocycles. The molecule has 0 fully saturated rings. The molecule has 2 unspecified atom stereocenters. The van der Waals surface area contributed by atoms with E-state index in [4.69, 9.17) is 10.2 Å². The molecule has 0 radical (unpaired) electrons. The molecule has 4 nitrogen and oxygen atoms in total. The Labute approximate surface area is 90.2 Å². The summed E-state index contributed by atoms with van der Waals surface area (Å²) in [7, 11) is 0. The Kier molecular flexibility index (Phi) is 6.20. The lowest BCUT2D eigenvalue weighted by Crippen LogP contribution is -2.17. The van der Waals surface area contributed by atoms with E-state index in [9.17, 15) is 9.90 Å². The van der Waals surface area contributed by atoms with Gasteiger partial charge in [0, 0.05) is 12.2 Å².